The Morgan fingerprint density at radius 1 is 1.24 bits per heavy atom. The Morgan fingerprint density at radius 3 is 2.52 bits per heavy atom. The van der Waals surface area contributed by atoms with Crippen LogP contribution in [0, 0.1) is 12.8 Å². The number of nitrogens with zero attached hydrogens (tertiary/aromatic N) is 2. The zero-order valence-electron chi connectivity index (χ0n) is 11.6. The summed E-state index contributed by atoms with van der Waals surface area (Å²) in [6, 6.07) is 3.20. The Hall–Kier alpha value is -1.79. The molecular weight excluding hydrogens is 283 g/mol. The predicted molar refractivity (Wildman–Crippen MR) is 71.3 cm³/mol. The standard InChI is InChI=1S/C14H16F3N3O/c1-8-6-13(21)20-12(18-8)7-11(19-20)9-2-4-10(5-3-9)14(15,16)17/h6-7,9-10,19H,2-5H2,1H3. The minimum Gasteiger partial charge on any atom is -0.293 e. The van der Waals surface area contributed by atoms with E-state index >= 15 is 0 Å². The van der Waals surface area contributed by atoms with E-state index in [0.29, 0.717) is 24.2 Å². The monoisotopic (exact) mass is 299 g/mol. The number of aromatic nitrogens is 3. The Kier molecular flexibility index (Phi) is 3.30. The first-order valence-corrected chi connectivity index (χ1v) is 7.00. The van der Waals surface area contributed by atoms with E-state index in [0.717, 1.165) is 5.69 Å². The van der Waals surface area contributed by atoms with Crippen LogP contribution in [0.4, 0.5) is 13.2 Å². The summed E-state index contributed by atoms with van der Waals surface area (Å²) in [6.07, 6.45) is -2.85. The molecule has 0 saturated heterocycles. The van der Waals surface area contributed by atoms with Crippen molar-refractivity contribution in [2.45, 2.75) is 44.7 Å². The van der Waals surface area contributed by atoms with E-state index in [2.05, 4.69) is 10.1 Å². The molecule has 0 aliphatic heterocycles. The lowest BCUT2D eigenvalue weighted by Crippen LogP contribution is -2.27. The molecule has 4 nitrogen and oxygen atoms in total. The molecule has 1 N–H and O–H groups in total. The molecule has 0 radical (unpaired) electrons. The number of aryl methyl sites for hydroxylation is 1. The maximum atomic E-state index is 12.7. The number of nitrogens with one attached hydrogen (secondary N) is 1. The van der Waals surface area contributed by atoms with Crippen LogP contribution in [0.5, 0.6) is 0 Å². The fourth-order valence-electron chi connectivity index (χ4n) is 3.07. The first-order chi connectivity index (χ1) is 9.84. The average molecular weight is 299 g/mol. The van der Waals surface area contributed by atoms with Gasteiger partial charge in [0, 0.05) is 29.4 Å². The third-order valence-electron chi connectivity index (χ3n) is 4.23. The van der Waals surface area contributed by atoms with Crippen LogP contribution in [0.2, 0.25) is 0 Å². The molecule has 0 atom stereocenters. The summed E-state index contributed by atoms with van der Waals surface area (Å²) in [6.45, 7) is 1.74. The Labute approximate surface area is 119 Å². The second-order valence-electron chi connectivity index (χ2n) is 5.73. The minimum absolute atomic E-state index is 0.0324. The van der Waals surface area contributed by atoms with E-state index in [1.807, 2.05) is 0 Å². The van der Waals surface area contributed by atoms with E-state index in [1.54, 1.807) is 13.0 Å². The van der Waals surface area contributed by atoms with Crippen LogP contribution in [0.3, 0.4) is 0 Å². The van der Waals surface area contributed by atoms with Gasteiger partial charge >= 0.3 is 6.18 Å². The number of alkyl halides is 3. The first kappa shape index (κ1) is 14.2. The average Bonchev–Trinajstić information content (AvgIpc) is 2.82. The molecule has 0 aromatic carbocycles. The maximum Gasteiger partial charge on any atom is 0.391 e. The lowest BCUT2D eigenvalue weighted by molar-refractivity contribution is -0.182. The van der Waals surface area contributed by atoms with E-state index in [4.69, 9.17) is 0 Å². The molecule has 0 amide bonds. The number of rotatable bonds is 1. The molecule has 21 heavy (non-hydrogen) atoms. The summed E-state index contributed by atoms with van der Waals surface area (Å²) in [7, 11) is 0. The van der Waals surface area contributed by atoms with Crippen molar-refractivity contribution in [1.29, 1.82) is 0 Å². The van der Waals surface area contributed by atoms with Crippen LogP contribution in [0.25, 0.3) is 5.65 Å². The molecule has 1 aliphatic rings. The van der Waals surface area contributed by atoms with Crippen LogP contribution in [-0.2, 0) is 0 Å². The molecule has 3 rings (SSSR count). The largest absolute Gasteiger partial charge is 0.391 e. The van der Waals surface area contributed by atoms with Crippen LogP contribution in [0.15, 0.2) is 16.9 Å². The van der Waals surface area contributed by atoms with Crippen LogP contribution in [-0.4, -0.2) is 20.8 Å². The summed E-state index contributed by atoms with van der Waals surface area (Å²) < 4.78 is 39.4. The molecule has 0 unspecified atom stereocenters. The molecule has 1 aliphatic carbocycles. The molecule has 1 fully saturated rings. The highest BCUT2D eigenvalue weighted by Gasteiger charge is 2.41. The third-order valence-corrected chi connectivity index (χ3v) is 4.23. The molecule has 2 aromatic rings. The highest BCUT2D eigenvalue weighted by Crippen LogP contribution is 2.42. The number of hydrogen-bond acceptors (Lipinski definition) is 2. The predicted octanol–water partition coefficient (Wildman–Crippen LogP) is 3.17. The summed E-state index contributed by atoms with van der Waals surface area (Å²) in [4.78, 5) is 16.1. The lowest BCUT2D eigenvalue weighted by Gasteiger charge is -2.29. The fraction of sp³-hybridized carbons (Fsp3) is 0.571. The first-order valence-electron chi connectivity index (χ1n) is 7.00. The van der Waals surface area contributed by atoms with Crippen LogP contribution in [0.1, 0.15) is 43.0 Å². The highest BCUT2D eigenvalue weighted by atomic mass is 19.4. The normalized spacial score (nSPS) is 23.6. The summed E-state index contributed by atoms with van der Waals surface area (Å²) in [5.74, 6) is -1.16. The zero-order valence-corrected chi connectivity index (χ0v) is 11.6. The van der Waals surface area contributed by atoms with Gasteiger partial charge in [-0.25, -0.2) is 9.50 Å². The van der Waals surface area contributed by atoms with Crippen LogP contribution >= 0.6 is 0 Å². The molecule has 114 valence electrons. The number of hydrogen-bond donors (Lipinski definition) is 1. The summed E-state index contributed by atoms with van der Waals surface area (Å²) >= 11 is 0. The molecule has 0 bridgehead atoms. The van der Waals surface area contributed by atoms with Gasteiger partial charge in [0.25, 0.3) is 5.56 Å². The van der Waals surface area contributed by atoms with Gasteiger partial charge in [0.1, 0.15) is 0 Å². The topological polar surface area (TPSA) is 50.2 Å². The van der Waals surface area contributed by atoms with E-state index in [-0.39, 0.29) is 24.3 Å². The van der Waals surface area contributed by atoms with Crippen molar-refractivity contribution < 1.29 is 13.2 Å². The summed E-state index contributed by atoms with van der Waals surface area (Å²) in [5, 5.41) is 2.97. The van der Waals surface area contributed by atoms with Gasteiger partial charge < -0.3 is 0 Å². The van der Waals surface area contributed by atoms with Gasteiger partial charge in [0.2, 0.25) is 0 Å². The highest BCUT2D eigenvalue weighted by molar-refractivity contribution is 5.40. The lowest BCUT2D eigenvalue weighted by atomic mass is 9.80. The van der Waals surface area contributed by atoms with Crippen molar-refractivity contribution in [1.82, 2.24) is 14.6 Å². The van der Waals surface area contributed by atoms with Gasteiger partial charge in [0.15, 0.2) is 5.65 Å². The van der Waals surface area contributed by atoms with Gasteiger partial charge in [-0.3, -0.25) is 9.89 Å². The van der Waals surface area contributed by atoms with Gasteiger partial charge in [-0.05, 0) is 32.6 Å². The Bertz CT molecular complexity index is 708. The van der Waals surface area contributed by atoms with Gasteiger partial charge in [0.05, 0.1) is 5.92 Å². The molecule has 7 heteroatoms. The second kappa shape index (κ2) is 4.89. The number of halogens is 3. The number of aromatic amines is 1. The smallest absolute Gasteiger partial charge is 0.293 e. The molecule has 1 saturated carbocycles. The van der Waals surface area contributed by atoms with Gasteiger partial charge in [-0.15, -0.1) is 0 Å². The number of H-pyrrole nitrogens is 1. The molecular formula is C14H16F3N3O. The van der Waals surface area contributed by atoms with Crippen molar-refractivity contribution in [2.24, 2.45) is 5.92 Å². The maximum absolute atomic E-state index is 12.7. The van der Waals surface area contributed by atoms with Crippen molar-refractivity contribution in [3.05, 3.63) is 33.9 Å². The second-order valence-corrected chi connectivity index (χ2v) is 5.73. The van der Waals surface area contributed by atoms with E-state index < -0.39 is 12.1 Å². The van der Waals surface area contributed by atoms with Crippen LogP contribution < -0.4 is 5.56 Å². The molecule has 2 aromatic heterocycles. The van der Waals surface area contributed by atoms with Gasteiger partial charge in [-0.1, -0.05) is 0 Å². The quantitative estimate of drug-likeness (QED) is 0.879. The van der Waals surface area contributed by atoms with Crippen molar-refractivity contribution in [2.75, 3.05) is 0 Å². The Balaban J connectivity index is 1.83. The molecule has 2 heterocycles. The van der Waals surface area contributed by atoms with E-state index in [9.17, 15) is 18.0 Å². The SMILES string of the molecule is Cc1cc(=O)n2[nH]c(C3CCC(C(F)(F)F)CC3)cc2n1. The minimum atomic E-state index is -4.10. The van der Waals surface area contributed by atoms with E-state index in [1.165, 1.54) is 10.6 Å². The summed E-state index contributed by atoms with van der Waals surface area (Å²) in [5.41, 5.74) is 1.75. The molecule has 0 spiro atoms. The number of fused-ring (bicyclic) bond motifs is 1. The van der Waals surface area contributed by atoms with Crippen molar-refractivity contribution in [3.8, 4) is 0 Å². The van der Waals surface area contributed by atoms with Crippen molar-refractivity contribution >= 4 is 5.65 Å². The van der Waals surface area contributed by atoms with Crippen molar-refractivity contribution in [3.63, 3.8) is 0 Å². The third kappa shape index (κ3) is 2.69. The fourth-order valence-corrected chi connectivity index (χ4v) is 3.07. The van der Waals surface area contributed by atoms with Gasteiger partial charge in [-0.2, -0.15) is 13.2 Å². The zero-order chi connectivity index (χ0) is 15.2. The Morgan fingerprint density at radius 2 is 1.90 bits per heavy atom.